The van der Waals surface area contributed by atoms with E-state index in [-0.39, 0.29) is 6.29 Å². The average Bonchev–Trinajstić information content (AvgIpc) is 2.43. The van der Waals surface area contributed by atoms with E-state index >= 15 is 0 Å². The van der Waals surface area contributed by atoms with Crippen molar-refractivity contribution in [2.24, 2.45) is 5.92 Å². The highest BCUT2D eigenvalue weighted by molar-refractivity contribution is 4.74. The van der Waals surface area contributed by atoms with E-state index in [1.807, 2.05) is 0 Å². The summed E-state index contributed by atoms with van der Waals surface area (Å²) < 4.78 is 10.8. The SMILES string of the molecule is CCCNC(CCC1CCCCC1)C(OC)OC. The lowest BCUT2D eigenvalue weighted by Gasteiger charge is -2.28. The van der Waals surface area contributed by atoms with E-state index in [0.29, 0.717) is 6.04 Å². The maximum absolute atomic E-state index is 5.41. The molecule has 1 fully saturated rings. The third kappa shape index (κ3) is 5.68. The van der Waals surface area contributed by atoms with E-state index in [9.17, 15) is 0 Å². The second-order valence-corrected chi connectivity index (χ2v) is 5.48. The Labute approximate surface area is 113 Å². The van der Waals surface area contributed by atoms with E-state index in [1.165, 1.54) is 38.5 Å². The van der Waals surface area contributed by atoms with E-state index in [0.717, 1.165) is 25.3 Å². The molecule has 0 aliphatic heterocycles. The molecule has 1 rings (SSSR count). The minimum absolute atomic E-state index is 0.111. The van der Waals surface area contributed by atoms with E-state index in [2.05, 4.69) is 12.2 Å². The molecule has 0 aromatic rings. The van der Waals surface area contributed by atoms with Gasteiger partial charge in [-0.05, 0) is 31.7 Å². The molecule has 3 nitrogen and oxygen atoms in total. The van der Waals surface area contributed by atoms with Gasteiger partial charge in [0.2, 0.25) is 0 Å². The Morgan fingerprint density at radius 2 is 1.78 bits per heavy atom. The second kappa shape index (κ2) is 9.76. The summed E-state index contributed by atoms with van der Waals surface area (Å²) in [7, 11) is 3.46. The molecule has 108 valence electrons. The molecule has 1 atom stereocenters. The molecular formula is C15H31NO2. The zero-order valence-corrected chi connectivity index (χ0v) is 12.4. The van der Waals surface area contributed by atoms with Gasteiger partial charge in [-0.2, -0.15) is 0 Å². The topological polar surface area (TPSA) is 30.5 Å². The number of methoxy groups -OCH3 is 2. The predicted molar refractivity (Wildman–Crippen MR) is 75.7 cm³/mol. The van der Waals surface area contributed by atoms with Gasteiger partial charge in [-0.15, -0.1) is 0 Å². The van der Waals surface area contributed by atoms with Crippen molar-refractivity contribution >= 4 is 0 Å². The summed E-state index contributed by atoms with van der Waals surface area (Å²) in [5, 5.41) is 3.56. The molecule has 0 radical (unpaired) electrons. The first-order chi connectivity index (χ1) is 8.81. The molecule has 0 bridgehead atoms. The van der Waals surface area contributed by atoms with E-state index in [4.69, 9.17) is 9.47 Å². The standard InChI is InChI=1S/C15H31NO2/c1-4-12-16-14(15(17-2)18-3)11-10-13-8-6-5-7-9-13/h13-16H,4-12H2,1-3H3. The molecule has 3 heteroatoms. The van der Waals surface area contributed by atoms with Crippen LogP contribution in [0.15, 0.2) is 0 Å². The van der Waals surface area contributed by atoms with Gasteiger partial charge in [0.05, 0.1) is 6.04 Å². The Morgan fingerprint density at radius 3 is 2.33 bits per heavy atom. The molecule has 0 heterocycles. The number of hydrogen-bond acceptors (Lipinski definition) is 3. The Hall–Kier alpha value is -0.120. The molecular weight excluding hydrogens is 226 g/mol. The highest BCUT2D eigenvalue weighted by Gasteiger charge is 2.22. The molecule has 18 heavy (non-hydrogen) atoms. The van der Waals surface area contributed by atoms with Crippen LogP contribution < -0.4 is 5.32 Å². The number of rotatable bonds is 9. The third-order valence-electron chi connectivity index (χ3n) is 4.06. The van der Waals surface area contributed by atoms with E-state index < -0.39 is 0 Å². The quantitative estimate of drug-likeness (QED) is 0.643. The van der Waals surface area contributed by atoms with Gasteiger partial charge >= 0.3 is 0 Å². The van der Waals surface area contributed by atoms with Crippen molar-refractivity contribution in [1.82, 2.24) is 5.32 Å². The van der Waals surface area contributed by atoms with Crippen LogP contribution in [-0.4, -0.2) is 33.1 Å². The van der Waals surface area contributed by atoms with Gasteiger partial charge in [-0.3, -0.25) is 0 Å². The summed E-state index contributed by atoms with van der Waals surface area (Å²) in [6.07, 6.45) is 10.6. The Kier molecular flexibility index (Phi) is 8.64. The van der Waals surface area contributed by atoms with Crippen molar-refractivity contribution in [3.8, 4) is 0 Å². The van der Waals surface area contributed by atoms with Crippen molar-refractivity contribution in [3.05, 3.63) is 0 Å². The highest BCUT2D eigenvalue weighted by Crippen LogP contribution is 2.28. The van der Waals surface area contributed by atoms with Crippen LogP contribution >= 0.6 is 0 Å². The average molecular weight is 257 g/mol. The van der Waals surface area contributed by atoms with Crippen molar-refractivity contribution < 1.29 is 9.47 Å². The lowest BCUT2D eigenvalue weighted by Crippen LogP contribution is -2.42. The van der Waals surface area contributed by atoms with Gasteiger partial charge in [0, 0.05) is 14.2 Å². The lowest BCUT2D eigenvalue weighted by molar-refractivity contribution is -0.124. The molecule has 1 aliphatic rings. The minimum atomic E-state index is -0.111. The van der Waals surface area contributed by atoms with Crippen molar-refractivity contribution in [2.45, 2.75) is 70.6 Å². The fourth-order valence-corrected chi connectivity index (χ4v) is 2.98. The van der Waals surface area contributed by atoms with Crippen molar-refractivity contribution in [2.75, 3.05) is 20.8 Å². The number of nitrogens with one attached hydrogen (secondary N) is 1. The van der Waals surface area contributed by atoms with Gasteiger partial charge in [0.15, 0.2) is 6.29 Å². The summed E-state index contributed by atoms with van der Waals surface area (Å²) in [4.78, 5) is 0. The maximum Gasteiger partial charge on any atom is 0.171 e. The van der Waals surface area contributed by atoms with Crippen molar-refractivity contribution in [3.63, 3.8) is 0 Å². The van der Waals surface area contributed by atoms with Crippen molar-refractivity contribution in [1.29, 1.82) is 0 Å². The molecule has 1 saturated carbocycles. The Balaban J connectivity index is 2.33. The van der Waals surface area contributed by atoms with Crippen LogP contribution in [0.1, 0.15) is 58.3 Å². The van der Waals surface area contributed by atoms with Gasteiger partial charge in [-0.1, -0.05) is 39.0 Å². The maximum atomic E-state index is 5.41. The molecule has 0 saturated heterocycles. The zero-order chi connectivity index (χ0) is 13.2. The summed E-state index contributed by atoms with van der Waals surface area (Å²) in [6.45, 7) is 3.23. The first-order valence-corrected chi connectivity index (χ1v) is 7.60. The van der Waals surface area contributed by atoms with Crippen LogP contribution in [0.25, 0.3) is 0 Å². The summed E-state index contributed by atoms with van der Waals surface area (Å²) in [6, 6.07) is 0.335. The highest BCUT2D eigenvalue weighted by atomic mass is 16.7. The molecule has 0 aromatic carbocycles. The van der Waals surface area contributed by atoms with Crippen LogP contribution in [0.4, 0.5) is 0 Å². The monoisotopic (exact) mass is 257 g/mol. The second-order valence-electron chi connectivity index (χ2n) is 5.48. The first kappa shape index (κ1) is 15.9. The molecule has 0 amide bonds. The first-order valence-electron chi connectivity index (χ1n) is 7.60. The molecule has 1 unspecified atom stereocenters. The van der Waals surface area contributed by atoms with Gasteiger partial charge in [-0.25, -0.2) is 0 Å². The summed E-state index contributed by atoms with van der Waals surface area (Å²) in [5.41, 5.74) is 0. The molecule has 1 aliphatic carbocycles. The summed E-state index contributed by atoms with van der Waals surface area (Å²) >= 11 is 0. The fraction of sp³-hybridized carbons (Fsp3) is 1.00. The largest absolute Gasteiger partial charge is 0.354 e. The van der Waals surface area contributed by atoms with Gasteiger partial charge in [0.1, 0.15) is 0 Å². The Bertz CT molecular complexity index is 189. The normalized spacial score (nSPS) is 19.3. The van der Waals surface area contributed by atoms with Crippen LogP contribution in [0.3, 0.4) is 0 Å². The molecule has 0 aromatic heterocycles. The van der Waals surface area contributed by atoms with Crippen LogP contribution in [0, 0.1) is 5.92 Å². The summed E-state index contributed by atoms with van der Waals surface area (Å²) in [5.74, 6) is 0.930. The molecule has 0 spiro atoms. The fourth-order valence-electron chi connectivity index (χ4n) is 2.98. The van der Waals surface area contributed by atoms with Crippen LogP contribution in [0.5, 0.6) is 0 Å². The van der Waals surface area contributed by atoms with Gasteiger partial charge in [0.25, 0.3) is 0 Å². The van der Waals surface area contributed by atoms with Crippen LogP contribution in [0.2, 0.25) is 0 Å². The number of hydrogen-bond donors (Lipinski definition) is 1. The van der Waals surface area contributed by atoms with Gasteiger partial charge < -0.3 is 14.8 Å². The molecule has 1 N–H and O–H groups in total. The third-order valence-corrected chi connectivity index (χ3v) is 4.06. The Morgan fingerprint density at radius 1 is 1.11 bits per heavy atom. The number of ether oxygens (including phenoxy) is 2. The predicted octanol–water partition coefficient (Wildman–Crippen LogP) is 3.33. The van der Waals surface area contributed by atoms with Crippen LogP contribution in [-0.2, 0) is 9.47 Å². The zero-order valence-electron chi connectivity index (χ0n) is 12.4. The minimum Gasteiger partial charge on any atom is -0.354 e. The lowest BCUT2D eigenvalue weighted by atomic mass is 9.85. The smallest absolute Gasteiger partial charge is 0.171 e. The van der Waals surface area contributed by atoms with E-state index in [1.54, 1.807) is 14.2 Å².